The Kier molecular flexibility index (Phi) is 5.75. The Balaban J connectivity index is 2.75. The molecule has 1 atom stereocenters. The van der Waals surface area contributed by atoms with Crippen molar-refractivity contribution in [2.75, 3.05) is 6.61 Å². The van der Waals surface area contributed by atoms with Gasteiger partial charge in [0.05, 0.1) is 0 Å². The van der Waals surface area contributed by atoms with Gasteiger partial charge >= 0.3 is 5.97 Å². The van der Waals surface area contributed by atoms with Gasteiger partial charge in [0.1, 0.15) is 0 Å². The highest BCUT2D eigenvalue weighted by Crippen LogP contribution is 2.22. The maximum Gasteiger partial charge on any atom is 0.333 e. The molecule has 0 amide bonds. The fourth-order valence-electron chi connectivity index (χ4n) is 1.36. The Hall–Kier alpha value is -0.770. The Bertz CT molecular complexity index is 393. The number of carboxylic acid groups (broad SMARTS) is 1. The van der Waals surface area contributed by atoms with Crippen LogP contribution in [0.3, 0.4) is 0 Å². The quantitative estimate of drug-likeness (QED) is 0.866. The SMILES string of the molecule is CCCO[C@H](Cc1ccc(Cl)cc1Cl)C(=O)O. The molecular weight excluding hydrogens is 263 g/mol. The summed E-state index contributed by atoms with van der Waals surface area (Å²) in [7, 11) is 0. The fourth-order valence-corrected chi connectivity index (χ4v) is 1.85. The van der Waals surface area contributed by atoms with Gasteiger partial charge in [-0.2, -0.15) is 0 Å². The normalized spacial score (nSPS) is 12.4. The van der Waals surface area contributed by atoms with Crippen LogP contribution in [0.25, 0.3) is 0 Å². The zero-order valence-electron chi connectivity index (χ0n) is 9.45. The lowest BCUT2D eigenvalue weighted by Gasteiger charge is -2.14. The van der Waals surface area contributed by atoms with Gasteiger partial charge < -0.3 is 9.84 Å². The molecule has 0 unspecified atom stereocenters. The zero-order chi connectivity index (χ0) is 12.8. The van der Waals surface area contributed by atoms with Crippen molar-refractivity contribution in [2.24, 2.45) is 0 Å². The number of carboxylic acids is 1. The van der Waals surface area contributed by atoms with Gasteiger partial charge in [0.2, 0.25) is 0 Å². The van der Waals surface area contributed by atoms with E-state index in [1.807, 2.05) is 6.92 Å². The standard InChI is InChI=1S/C12H14Cl2O3/c1-2-5-17-11(12(15)16)6-8-3-4-9(13)7-10(8)14/h3-4,7,11H,2,5-6H2,1H3,(H,15,16)/t11-/m1/s1. The number of carbonyl (C=O) groups is 1. The van der Waals surface area contributed by atoms with Crippen molar-refractivity contribution in [1.82, 2.24) is 0 Å². The molecule has 0 aliphatic carbocycles. The highest BCUT2D eigenvalue weighted by atomic mass is 35.5. The monoisotopic (exact) mass is 276 g/mol. The Morgan fingerprint density at radius 2 is 2.18 bits per heavy atom. The lowest BCUT2D eigenvalue weighted by molar-refractivity contribution is -0.150. The molecule has 1 aromatic carbocycles. The maximum absolute atomic E-state index is 11.0. The number of ether oxygens (including phenoxy) is 1. The highest BCUT2D eigenvalue weighted by Gasteiger charge is 2.19. The van der Waals surface area contributed by atoms with E-state index in [-0.39, 0.29) is 6.42 Å². The van der Waals surface area contributed by atoms with E-state index in [4.69, 9.17) is 33.0 Å². The third-order valence-corrected chi connectivity index (χ3v) is 2.81. The second kappa shape index (κ2) is 6.84. The minimum atomic E-state index is -0.982. The minimum Gasteiger partial charge on any atom is -0.479 e. The summed E-state index contributed by atoms with van der Waals surface area (Å²) in [5.41, 5.74) is 0.722. The van der Waals surface area contributed by atoms with Crippen molar-refractivity contribution >= 4 is 29.2 Å². The summed E-state index contributed by atoms with van der Waals surface area (Å²) in [6.45, 7) is 2.34. The second-order valence-electron chi connectivity index (χ2n) is 3.64. The van der Waals surface area contributed by atoms with E-state index in [1.165, 1.54) is 0 Å². The molecule has 0 spiro atoms. The average Bonchev–Trinajstić information content (AvgIpc) is 2.26. The number of hydrogen-bond acceptors (Lipinski definition) is 2. The molecule has 0 bridgehead atoms. The van der Waals surface area contributed by atoms with Gasteiger partial charge in [-0.25, -0.2) is 4.79 Å². The van der Waals surface area contributed by atoms with E-state index in [0.29, 0.717) is 16.7 Å². The van der Waals surface area contributed by atoms with Gasteiger partial charge in [-0.1, -0.05) is 36.2 Å². The molecule has 1 rings (SSSR count). The van der Waals surface area contributed by atoms with Crippen molar-refractivity contribution in [3.8, 4) is 0 Å². The molecule has 0 aromatic heterocycles. The van der Waals surface area contributed by atoms with Crippen LogP contribution in [0.15, 0.2) is 18.2 Å². The number of benzene rings is 1. The fraction of sp³-hybridized carbons (Fsp3) is 0.417. The predicted octanol–water partition coefficient (Wildman–Crippen LogP) is 3.42. The zero-order valence-corrected chi connectivity index (χ0v) is 11.0. The van der Waals surface area contributed by atoms with E-state index >= 15 is 0 Å². The molecular formula is C12H14Cl2O3. The van der Waals surface area contributed by atoms with Gasteiger partial charge in [-0.3, -0.25) is 0 Å². The van der Waals surface area contributed by atoms with Crippen LogP contribution >= 0.6 is 23.2 Å². The Morgan fingerprint density at radius 1 is 1.47 bits per heavy atom. The van der Waals surface area contributed by atoms with E-state index in [1.54, 1.807) is 18.2 Å². The summed E-state index contributed by atoms with van der Waals surface area (Å²) in [4.78, 5) is 11.0. The molecule has 17 heavy (non-hydrogen) atoms. The van der Waals surface area contributed by atoms with E-state index in [2.05, 4.69) is 0 Å². The van der Waals surface area contributed by atoms with Crippen molar-refractivity contribution in [3.63, 3.8) is 0 Å². The van der Waals surface area contributed by atoms with Crippen molar-refractivity contribution in [3.05, 3.63) is 33.8 Å². The number of halogens is 2. The van der Waals surface area contributed by atoms with Gasteiger partial charge in [-0.05, 0) is 24.1 Å². The highest BCUT2D eigenvalue weighted by molar-refractivity contribution is 6.35. The van der Waals surface area contributed by atoms with Gasteiger partial charge in [-0.15, -0.1) is 0 Å². The summed E-state index contributed by atoms with van der Waals surface area (Å²) >= 11 is 11.7. The number of rotatable bonds is 6. The molecule has 0 heterocycles. The molecule has 1 N–H and O–H groups in total. The largest absolute Gasteiger partial charge is 0.479 e. The molecule has 0 saturated heterocycles. The first-order valence-corrected chi connectivity index (χ1v) is 6.08. The van der Waals surface area contributed by atoms with E-state index < -0.39 is 12.1 Å². The second-order valence-corrected chi connectivity index (χ2v) is 4.48. The molecule has 1 aromatic rings. The number of aliphatic carboxylic acids is 1. The van der Waals surface area contributed by atoms with E-state index in [0.717, 1.165) is 12.0 Å². The van der Waals surface area contributed by atoms with Crippen LogP contribution in [0.5, 0.6) is 0 Å². The average molecular weight is 277 g/mol. The Morgan fingerprint density at radius 3 is 2.71 bits per heavy atom. The summed E-state index contributed by atoms with van der Waals surface area (Å²) < 4.78 is 5.25. The van der Waals surface area contributed by atoms with Crippen LogP contribution in [0.4, 0.5) is 0 Å². The Labute approximate surface area is 110 Å². The molecule has 0 saturated carbocycles. The van der Waals surface area contributed by atoms with Crippen LogP contribution in [0.1, 0.15) is 18.9 Å². The number of hydrogen-bond donors (Lipinski definition) is 1. The molecule has 94 valence electrons. The summed E-state index contributed by atoms with van der Waals surface area (Å²) in [5, 5.41) is 10.0. The molecule has 0 fully saturated rings. The van der Waals surface area contributed by atoms with Crippen LogP contribution in [0.2, 0.25) is 10.0 Å². The summed E-state index contributed by atoms with van der Waals surface area (Å²) in [6.07, 6.45) is 0.150. The van der Waals surface area contributed by atoms with Crippen LogP contribution < -0.4 is 0 Å². The van der Waals surface area contributed by atoms with Crippen molar-refractivity contribution in [2.45, 2.75) is 25.9 Å². The molecule has 3 nitrogen and oxygen atoms in total. The third-order valence-electron chi connectivity index (χ3n) is 2.22. The maximum atomic E-state index is 11.0. The first-order chi connectivity index (χ1) is 8.04. The molecule has 5 heteroatoms. The van der Waals surface area contributed by atoms with Crippen LogP contribution in [-0.4, -0.2) is 23.8 Å². The molecule has 0 aliphatic heterocycles. The topological polar surface area (TPSA) is 46.5 Å². The van der Waals surface area contributed by atoms with Gasteiger partial charge in [0.15, 0.2) is 6.10 Å². The first-order valence-electron chi connectivity index (χ1n) is 5.33. The first kappa shape index (κ1) is 14.3. The molecule has 0 aliphatic rings. The lowest BCUT2D eigenvalue weighted by Crippen LogP contribution is -2.26. The summed E-state index contributed by atoms with van der Waals surface area (Å²) in [5.74, 6) is -0.982. The lowest BCUT2D eigenvalue weighted by atomic mass is 10.1. The smallest absolute Gasteiger partial charge is 0.333 e. The van der Waals surface area contributed by atoms with Crippen LogP contribution in [-0.2, 0) is 16.0 Å². The van der Waals surface area contributed by atoms with Crippen molar-refractivity contribution < 1.29 is 14.6 Å². The predicted molar refractivity (Wildman–Crippen MR) is 67.8 cm³/mol. The van der Waals surface area contributed by atoms with Crippen molar-refractivity contribution in [1.29, 1.82) is 0 Å². The molecule has 0 radical (unpaired) electrons. The summed E-state index contributed by atoms with van der Waals surface area (Å²) in [6, 6.07) is 4.99. The minimum absolute atomic E-state index is 0.241. The van der Waals surface area contributed by atoms with E-state index in [9.17, 15) is 4.79 Å². The van der Waals surface area contributed by atoms with Crippen LogP contribution in [0, 0.1) is 0 Å². The third kappa shape index (κ3) is 4.54. The van der Waals surface area contributed by atoms with Gasteiger partial charge in [0.25, 0.3) is 0 Å². The van der Waals surface area contributed by atoms with Gasteiger partial charge in [0, 0.05) is 23.1 Å².